The van der Waals surface area contributed by atoms with Gasteiger partial charge in [-0.05, 0) is 26.8 Å². The van der Waals surface area contributed by atoms with Crippen LogP contribution in [-0.2, 0) is 20.9 Å². The number of halogens is 3. The molecule has 0 unspecified atom stereocenters. The maximum Gasteiger partial charge on any atom is 0.573 e. The first kappa shape index (κ1) is 21.6. The molecule has 7 nitrogen and oxygen atoms in total. The van der Waals surface area contributed by atoms with Gasteiger partial charge in [0.05, 0.1) is 13.2 Å². The van der Waals surface area contributed by atoms with E-state index in [1.54, 1.807) is 20.8 Å². The molecule has 1 amide bonds. The fourth-order valence-corrected chi connectivity index (χ4v) is 1.76. The third-order valence-electron chi connectivity index (χ3n) is 2.73. The number of para-hydroxylation sites is 1. The van der Waals surface area contributed by atoms with Crippen molar-refractivity contribution < 1.29 is 42.1 Å². The Bertz CT molecular complexity index is 627. The van der Waals surface area contributed by atoms with Crippen LogP contribution in [0.1, 0.15) is 26.3 Å². The quantitative estimate of drug-likeness (QED) is 0.756. The average molecular weight is 379 g/mol. The molecule has 0 heterocycles. The maximum absolute atomic E-state index is 12.4. The summed E-state index contributed by atoms with van der Waals surface area (Å²) in [4.78, 5) is 22.8. The van der Waals surface area contributed by atoms with E-state index >= 15 is 0 Å². The number of alkyl halides is 3. The van der Waals surface area contributed by atoms with Gasteiger partial charge in [-0.25, -0.2) is 9.59 Å². The predicted octanol–water partition coefficient (Wildman–Crippen LogP) is 3.08. The van der Waals surface area contributed by atoms with Gasteiger partial charge in [0.15, 0.2) is 6.04 Å². The second kappa shape index (κ2) is 8.75. The first-order valence-corrected chi connectivity index (χ1v) is 7.51. The Kier molecular flexibility index (Phi) is 7.25. The minimum absolute atomic E-state index is 0.0752. The van der Waals surface area contributed by atoms with E-state index in [-0.39, 0.29) is 12.2 Å². The standard InChI is InChI=1S/C16H20F3NO6/c1-15(2,3)26-14(23)20-11(13(21)22)9-24-8-10-6-4-5-7-12(10)25-16(17,18)19/h4-7,11H,8-9H2,1-3H3,(H,20,23)(H,21,22)/t11-/m1/s1. The van der Waals surface area contributed by atoms with Gasteiger partial charge in [-0.2, -0.15) is 0 Å². The highest BCUT2D eigenvalue weighted by Gasteiger charge is 2.32. The van der Waals surface area contributed by atoms with Crippen molar-refractivity contribution in [2.24, 2.45) is 0 Å². The first-order valence-electron chi connectivity index (χ1n) is 7.51. The second-order valence-corrected chi connectivity index (χ2v) is 6.21. The molecule has 0 fully saturated rings. The van der Waals surface area contributed by atoms with E-state index in [4.69, 9.17) is 14.6 Å². The first-order chi connectivity index (χ1) is 11.9. The number of carbonyl (C=O) groups is 2. The Morgan fingerprint density at radius 2 is 1.81 bits per heavy atom. The summed E-state index contributed by atoms with van der Waals surface area (Å²) >= 11 is 0. The number of rotatable bonds is 7. The minimum Gasteiger partial charge on any atom is -0.480 e. The lowest BCUT2D eigenvalue weighted by Gasteiger charge is -2.22. The summed E-state index contributed by atoms with van der Waals surface area (Å²) in [5.74, 6) is -1.83. The fraction of sp³-hybridized carbons (Fsp3) is 0.500. The summed E-state index contributed by atoms with van der Waals surface area (Å²) in [6, 6.07) is 3.86. The number of carbonyl (C=O) groups excluding carboxylic acids is 1. The molecular weight excluding hydrogens is 359 g/mol. The van der Waals surface area contributed by atoms with Crippen molar-refractivity contribution in [2.75, 3.05) is 6.61 Å². The predicted molar refractivity (Wildman–Crippen MR) is 83.6 cm³/mol. The zero-order valence-electron chi connectivity index (χ0n) is 14.4. The Labute approximate surface area is 148 Å². The molecule has 0 radical (unpaired) electrons. The van der Waals surface area contributed by atoms with Gasteiger partial charge in [0, 0.05) is 5.56 Å². The van der Waals surface area contributed by atoms with Crippen LogP contribution in [0, 0.1) is 0 Å². The molecule has 0 aliphatic heterocycles. The molecule has 0 spiro atoms. The molecule has 1 aromatic carbocycles. The van der Waals surface area contributed by atoms with Gasteiger partial charge >= 0.3 is 18.4 Å². The summed E-state index contributed by atoms with van der Waals surface area (Å²) < 4.78 is 51.0. The number of alkyl carbamates (subject to hydrolysis) is 1. The van der Waals surface area contributed by atoms with E-state index in [9.17, 15) is 22.8 Å². The van der Waals surface area contributed by atoms with Gasteiger partial charge in [-0.3, -0.25) is 0 Å². The number of aliphatic carboxylic acids is 1. The van der Waals surface area contributed by atoms with Crippen LogP contribution >= 0.6 is 0 Å². The van der Waals surface area contributed by atoms with Crippen LogP contribution in [0.15, 0.2) is 24.3 Å². The normalized spacial score (nSPS) is 13.0. The number of ether oxygens (including phenoxy) is 3. The van der Waals surface area contributed by atoms with E-state index in [0.717, 1.165) is 6.07 Å². The van der Waals surface area contributed by atoms with E-state index in [1.165, 1.54) is 18.2 Å². The summed E-state index contributed by atoms with van der Waals surface area (Å²) in [7, 11) is 0. The number of amides is 1. The van der Waals surface area contributed by atoms with Crippen LogP contribution in [0.2, 0.25) is 0 Å². The molecule has 1 atom stereocenters. The lowest BCUT2D eigenvalue weighted by molar-refractivity contribution is -0.275. The van der Waals surface area contributed by atoms with Crippen molar-refractivity contribution in [3.05, 3.63) is 29.8 Å². The van der Waals surface area contributed by atoms with Gasteiger partial charge in [0.25, 0.3) is 0 Å². The number of hydrogen-bond acceptors (Lipinski definition) is 5. The third-order valence-corrected chi connectivity index (χ3v) is 2.73. The molecule has 26 heavy (non-hydrogen) atoms. The van der Waals surface area contributed by atoms with Crippen LogP contribution in [0.4, 0.5) is 18.0 Å². The molecule has 146 valence electrons. The van der Waals surface area contributed by atoms with Gasteiger partial charge in [0.1, 0.15) is 11.4 Å². The van der Waals surface area contributed by atoms with Gasteiger partial charge in [-0.15, -0.1) is 13.2 Å². The van der Waals surface area contributed by atoms with Crippen LogP contribution in [0.25, 0.3) is 0 Å². The molecule has 2 N–H and O–H groups in total. The van der Waals surface area contributed by atoms with E-state index in [1.807, 2.05) is 0 Å². The van der Waals surface area contributed by atoms with Crippen molar-refractivity contribution in [3.8, 4) is 5.75 Å². The van der Waals surface area contributed by atoms with Gasteiger partial charge in [0.2, 0.25) is 0 Å². The molecule has 0 aliphatic rings. The second-order valence-electron chi connectivity index (χ2n) is 6.21. The Morgan fingerprint density at radius 3 is 2.35 bits per heavy atom. The van der Waals surface area contributed by atoms with Crippen molar-refractivity contribution in [1.29, 1.82) is 0 Å². The van der Waals surface area contributed by atoms with Crippen LogP contribution in [0.5, 0.6) is 5.75 Å². The van der Waals surface area contributed by atoms with Crippen LogP contribution in [-0.4, -0.2) is 41.8 Å². The summed E-state index contributed by atoms with van der Waals surface area (Å²) in [6.45, 7) is 4.00. The zero-order chi connectivity index (χ0) is 20.0. The highest BCUT2D eigenvalue weighted by Crippen LogP contribution is 2.26. The summed E-state index contributed by atoms with van der Waals surface area (Å²) in [5.41, 5.74) is -0.742. The fourth-order valence-electron chi connectivity index (χ4n) is 1.76. The van der Waals surface area contributed by atoms with Crippen LogP contribution in [0.3, 0.4) is 0 Å². The number of nitrogens with one attached hydrogen (secondary N) is 1. The third kappa shape index (κ3) is 8.56. The van der Waals surface area contributed by atoms with Crippen LogP contribution < -0.4 is 10.1 Å². The molecule has 1 rings (SSSR count). The summed E-state index contributed by atoms with van der Waals surface area (Å²) in [6.07, 6.45) is -5.81. The topological polar surface area (TPSA) is 94.1 Å². The highest BCUT2D eigenvalue weighted by molar-refractivity contribution is 5.80. The molecule has 0 aliphatic carbocycles. The average Bonchev–Trinajstić information content (AvgIpc) is 2.44. The lowest BCUT2D eigenvalue weighted by atomic mass is 10.2. The number of hydrogen-bond donors (Lipinski definition) is 2. The van der Waals surface area contributed by atoms with Crippen molar-refractivity contribution in [3.63, 3.8) is 0 Å². The number of benzene rings is 1. The Morgan fingerprint density at radius 1 is 1.19 bits per heavy atom. The summed E-state index contributed by atoms with van der Waals surface area (Å²) in [5, 5.41) is 11.2. The molecule has 1 aromatic rings. The Hall–Kier alpha value is -2.49. The lowest BCUT2D eigenvalue weighted by Crippen LogP contribution is -2.46. The van der Waals surface area contributed by atoms with Gasteiger partial charge in [-0.1, -0.05) is 18.2 Å². The van der Waals surface area contributed by atoms with Crippen molar-refractivity contribution in [1.82, 2.24) is 5.32 Å². The SMILES string of the molecule is CC(C)(C)OC(=O)N[C@H](COCc1ccccc1OC(F)(F)F)C(=O)O. The molecule has 0 bridgehead atoms. The van der Waals surface area contributed by atoms with E-state index in [0.29, 0.717) is 0 Å². The highest BCUT2D eigenvalue weighted by atomic mass is 19.4. The van der Waals surface area contributed by atoms with E-state index < -0.39 is 42.4 Å². The molecule has 10 heteroatoms. The smallest absolute Gasteiger partial charge is 0.480 e. The minimum atomic E-state index is -4.86. The molecule has 0 aromatic heterocycles. The number of carboxylic acids is 1. The monoisotopic (exact) mass is 379 g/mol. The zero-order valence-corrected chi connectivity index (χ0v) is 14.4. The largest absolute Gasteiger partial charge is 0.573 e. The van der Waals surface area contributed by atoms with E-state index in [2.05, 4.69) is 10.1 Å². The van der Waals surface area contributed by atoms with Gasteiger partial charge < -0.3 is 24.6 Å². The molecule has 0 saturated heterocycles. The maximum atomic E-state index is 12.4. The molecule has 0 saturated carbocycles. The molecular formula is C16H20F3NO6. The van der Waals surface area contributed by atoms with Crippen molar-refractivity contribution in [2.45, 2.75) is 45.4 Å². The number of carboxylic acid groups (broad SMARTS) is 1. The Balaban J connectivity index is 2.64. The van der Waals surface area contributed by atoms with Crippen molar-refractivity contribution >= 4 is 12.1 Å².